The highest BCUT2D eigenvalue weighted by molar-refractivity contribution is 9.10. The topological polar surface area (TPSA) is 50.8 Å². The van der Waals surface area contributed by atoms with Crippen molar-refractivity contribution in [3.63, 3.8) is 0 Å². The summed E-state index contributed by atoms with van der Waals surface area (Å²) in [5, 5.41) is 3.08. The van der Waals surface area contributed by atoms with E-state index in [2.05, 4.69) is 38.3 Å². The van der Waals surface area contributed by atoms with Gasteiger partial charge in [-0.25, -0.2) is 0 Å². The molecule has 6 heteroatoms. The molecule has 0 saturated carbocycles. The Morgan fingerprint density at radius 2 is 1.77 bits per heavy atom. The Morgan fingerprint density at radius 3 is 2.51 bits per heavy atom. The Labute approximate surface area is 214 Å². The third-order valence-corrected chi connectivity index (χ3v) is 7.16. The lowest BCUT2D eigenvalue weighted by molar-refractivity contribution is 0.0940. The number of hydrogen-bond acceptors (Lipinski definition) is 4. The third-order valence-electron chi connectivity index (χ3n) is 6.63. The number of rotatable bonds is 6. The van der Waals surface area contributed by atoms with Crippen molar-refractivity contribution in [1.82, 2.24) is 10.2 Å². The quantitative estimate of drug-likeness (QED) is 0.402. The summed E-state index contributed by atoms with van der Waals surface area (Å²) in [6.45, 7) is 5.22. The molecule has 3 aromatic rings. The Hall–Kier alpha value is -3.09. The number of benzene rings is 3. The number of halogens is 1. The van der Waals surface area contributed by atoms with Crippen LogP contribution in [0.25, 0.3) is 6.08 Å². The van der Waals surface area contributed by atoms with Gasteiger partial charge in [0.05, 0.1) is 6.04 Å². The molecule has 1 fully saturated rings. The predicted octanol–water partition coefficient (Wildman–Crippen LogP) is 6.35. The van der Waals surface area contributed by atoms with Gasteiger partial charge < -0.3 is 14.8 Å². The van der Waals surface area contributed by atoms with Gasteiger partial charge in [0.25, 0.3) is 5.91 Å². The number of carbonyl (C=O) groups excluding carboxylic acids is 1. The first-order valence-corrected chi connectivity index (χ1v) is 12.8. The van der Waals surface area contributed by atoms with Gasteiger partial charge in [0.2, 0.25) is 6.79 Å². The van der Waals surface area contributed by atoms with Gasteiger partial charge in [0.1, 0.15) is 0 Å². The maximum atomic E-state index is 12.7. The van der Waals surface area contributed by atoms with Gasteiger partial charge in [-0.05, 0) is 61.2 Å². The monoisotopic (exact) mass is 532 g/mol. The van der Waals surface area contributed by atoms with Crippen LogP contribution in [0.4, 0.5) is 0 Å². The largest absolute Gasteiger partial charge is 0.454 e. The fraction of sp³-hybridized carbons (Fsp3) is 0.276. The molecule has 0 aliphatic carbocycles. The Kier molecular flexibility index (Phi) is 7.21. The van der Waals surface area contributed by atoms with Crippen LogP contribution in [0.5, 0.6) is 11.5 Å². The lowest BCUT2D eigenvalue weighted by Gasteiger charge is -2.28. The highest BCUT2D eigenvalue weighted by Gasteiger charge is 2.21. The van der Waals surface area contributed by atoms with Gasteiger partial charge in [-0.1, -0.05) is 64.0 Å². The number of likely N-dealkylation sites (tertiary alicyclic amines) is 1. The zero-order chi connectivity index (χ0) is 24.2. The molecule has 35 heavy (non-hydrogen) atoms. The average molecular weight is 533 g/mol. The number of nitrogens with one attached hydrogen (secondary N) is 1. The summed E-state index contributed by atoms with van der Waals surface area (Å²) >= 11 is 3.45. The van der Waals surface area contributed by atoms with Crippen molar-refractivity contribution in [3.8, 4) is 11.5 Å². The summed E-state index contributed by atoms with van der Waals surface area (Å²) < 4.78 is 12.2. The lowest BCUT2D eigenvalue weighted by atomic mass is 9.99. The van der Waals surface area contributed by atoms with Crippen LogP contribution < -0.4 is 14.8 Å². The zero-order valence-electron chi connectivity index (χ0n) is 19.8. The van der Waals surface area contributed by atoms with Gasteiger partial charge in [0.15, 0.2) is 11.5 Å². The molecule has 0 spiro atoms. The highest BCUT2D eigenvalue weighted by Crippen LogP contribution is 2.36. The van der Waals surface area contributed by atoms with E-state index in [4.69, 9.17) is 9.47 Å². The number of piperidine rings is 1. The van der Waals surface area contributed by atoms with Crippen molar-refractivity contribution in [3.05, 3.63) is 99.0 Å². The molecule has 5 rings (SSSR count). The molecule has 2 heterocycles. The van der Waals surface area contributed by atoms with E-state index in [1.807, 2.05) is 67.6 Å². The normalized spacial score (nSPS) is 16.1. The van der Waals surface area contributed by atoms with E-state index in [0.717, 1.165) is 59.6 Å². The van der Waals surface area contributed by atoms with E-state index in [-0.39, 0.29) is 11.9 Å². The maximum Gasteiger partial charge on any atom is 0.251 e. The summed E-state index contributed by atoms with van der Waals surface area (Å²) in [6, 6.07) is 21.9. The van der Waals surface area contributed by atoms with Gasteiger partial charge in [-0.15, -0.1) is 0 Å². The van der Waals surface area contributed by atoms with Crippen LogP contribution in [0.3, 0.4) is 0 Å². The van der Waals surface area contributed by atoms with Gasteiger partial charge in [-0.3, -0.25) is 9.69 Å². The second-order valence-corrected chi connectivity index (χ2v) is 10.0. The van der Waals surface area contributed by atoms with Crippen LogP contribution in [0.15, 0.2) is 76.8 Å². The van der Waals surface area contributed by atoms with Crippen LogP contribution in [0, 0.1) is 0 Å². The zero-order valence-corrected chi connectivity index (χ0v) is 21.4. The molecular formula is C29H29BrN2O3. The number of fused-ring (bicyclic) bond motifs is 1. The van der Waals surface area contributed by atoms with Crippen molar-refractivity contribution < 1.29 is 14.3 Å². The van der Waals surface area contributed by atoms with E-state index in [1.165, 1.54) is 11.1 Å². The van der Waals surface area contributed by atoms with Crippen molar-refractivity contribution in [2.24, 2.45) is 0 Å². The summed E-state index contributed by atoms with van der Waals surface area (Å²) in [5.41, 5.74) is 5.52. The predicted molar refractivity (Wildman–Crippen MR) is 142 cm³/mol. The Bertz CT molecular complexity index is 1210. The summed E-state index contributed by atoms with van der Waals surface area (Å²) in [4.78, 5) is 15.2. The first-order chi connectivity index (χ1) is 17.0. The molecule has 1 amide bonds. The van der Waals surface area contributed by atoms with Crippen LogP contribution in [-0.2, 0) is 6.54 Å². The molecular weight excluding hydrogens is 504 g/mol. The number of hydrogen-bond donors (Lipinski definition) is 1. The average Bonchev–Trinajstić information content (AvgIpc) is 3.36. The standard InChI is InChI=1S/C29H29BrN2O3/c1-20(23-9-11-26(30)12-10-23)31-29(33)24-7-5-21(6-8-24)17-22-13-15-32(16-14-22)18-25-3-2-4-27-28(25)35-19-34-27/h2-12,17,20H,13-16,18-19H2,1H3,(H,31,33)/t20-/m1/s1. The van der Waals surface area contributed by atoms with Crippen LogP contribution in [0.1, 0.15) is 52.9 Å². The molecule has 0 aromatic heterocycles. The van der Waals surface area contributed by atoms with Gasteiger partial charge in [-0.2, -0.15) is 0 Å². The molecule has 0 radical (unpaired) electrons. The molecule has 180 valence electrons. The van der Waals surface area contributed by atoms with Crippen LogP contribution >= 0.6 is 15.9 Å². The number of ether oxygens (including phenoxy) is 2. The molecule has 3 aromatic carbocycles. The van der Waals surface area contributed by atoms with Crippen LogP contribution in [0.2, 0.25) is 0 Å². The van der Waals surface area contributed by atoms with Gasteiger partial charge >= 0.3 is 0 Å². The molecule has 1 N–H and O–H groups in total. The lowest BCUT2D eigenvalue weighted by Crippen LogP contribution is -2.30. The Morgan fingerprint density at radius 1 is 1.03 bits per heavy atom. The number of nitrogens with zero attached hydrogens (tertiary/aromatic N) is 1. The number of para-hydroxylation sites is 1. The molecule has 1 atom stereocenters. The molecule has 2 aliphatic rings. The third kappa shape index (κ3) is 5.77. The van der Waals surface area contributed by atoms with E-state index in [9.17, 15) is 4.79 Å². The summed E-state index contributed by atoms with van der Waals surface area (Å²) in [5.74, 6) is 1.68. The second-order valence-electron chi connectivity index (χ2n) is 9.10. The second kappa shape index (κ2) is 10.7. The van der Waals surface area contributed by atoms with E-state index >= 15 is 0 Å². The molecule has 5 nitrogen and oxygen atoms in total. The highest BCUT2D eigenvalue weighted by atomic mass is 79.9. The first-order valence-electron chi connectivity index (χ1n) is 12.0. The van der Waals surface area contributed by atoms with Crippen molar-refractivity contribution in [1.29, 1.82) is 0 Å². The molecule has 0 unspecified atom stereocenters. The van der Waals surface area contributed by atoms with E-state index in [1.54, 1.807) is 0 Å². The first kappa shape index (κ1) is 23.6. The maximum absolute atomic E-state index is 12.7. The minimum Gasteiger partial charge on any atom is -0.454 e. The SMILES string of the molecule is C[C@@H](NC(=O)c1ccc(C=C2CCN(Cc3cccc4c3OCO4)CC2)cc1)c1ccc(Br)cc1. The summed E-state index contributed by atoms with van der Waals surface area (Å²) in [6.07, 6.45) is 4.35. The van der Waals surface area contributed by atoms with Crippen LogP contribution in [-0.4, -0.2) is 30.7 Å². The van der Waals surface area contributed by atoms with Gasteiger partial charge in [0, 0.05) is 35.2 Å². The molecule has 1 saturated heterocycles. The number of amides is 1. The minimum absolute atomic E-state index is 0.0568. The van der Waals surface area contributed by atoms with E-state index in [0.29, 0.717) is 12.4 Å². The molecule has 2 aliphatic heterocycles. The fourth-order valence-electron chi connectivity index (χ4n) is 4.58. The Balaban J connectivity index is 1.14. The molecule has 0 bridgehead atoms. The van der Waals surface area contributed by atoms with Crippen molar-refractivity contribution in [2.75, 3.05) is 19.9 Å². The minimum atomic E-state index is -0.0605. The number of carbonyl (C=O) groups is 1. The van der Waals surface area contributed by atoms with E-state index < -0.39 is 0 Å². The van der Waals surface area contributed by atoms with Crippen molar-refractivity contribution in [2.45, 2.75) is 32.4 Å². The summed E-state index contributed by atoms with van der Waals surface area (Å²) in [7, 11) is 0. The van der Waals surface area contributed by atoms with Crippen molar-refractivity contribution >= 4 is 27.9 Å². The fourth-order valence-corrected chi connectivity index (χ4v) is 4.84. The smallest absolute Gasteiger partial charge is 0.251 e.